The summed E-state index contributed by atoms with van der Waals surface area (Å²) in [6.45, 7) is 1.04. The molecular formula is C18H15FN2O3S. The number of fused-ring (bicyclic) bond motifs is 2. The lowest BCUT2D eigenvalue weighted by Gasteiger charge is -2.17. The fourth-order valence-corrected chi connectivity index (χ4v) is 3.54. The Kier molecular flexibility index (Phi) is 4.23. The van der Waals surface area contributed by atoms with Crippen molar-refractivity contribution in [2.45, 2.75) is 12.8 Å². The Morgan fingerprint density at radius 2 is 1.96 bits per heavy atom. The lowest BCUT2D eigenvalue weighted by Crippen LogP contribution is -2.15. The van der Waals surface area contributed by atoms with E-state index in [0.29, 0.717) is 41.8 Å². The lowest BCUT2D eigenvalue weighted by atomic mass is 10.1. The number of halogens is 1. The minimum atomic E-state index is -0.291. The van der Waals surface area contributed by atoms with Gasteiger partial charge in [0, 0.05) is 18.6 Å². The summed E-state index contributed by atoms with van der Waals surface area (Å²) in [6.07, 6.45) is 0.541. The quantitative estimate of drug-likeness (QED) is 0.771. The van der Waals surface area contributed by atoms with Gasteiger partial charge in [-0.2, -0.15) is 0 Å². The molecule has 0 unspecified atom stereocenters. The summed E-state index contributed by atoms with van der Waals surface area (Å²) in [5.74, 6) is 0.877. The van der Waals surface area contributed by atoms with Crippen LogP contribution in [-0.2, 0) is 11.2 Å². The van der Waals surface area contributed by atoms with E-state index in [-0.39, 0.29) is 18.1 Å². The number of carbonyl (C=O) groups is 1. The highest BCUT2D eigenvalue weighted by Gasteiger charge is 2.16. The summed E-state index contributed by atoms with van der Waals surface area (Å²) in [5, 5.41) is 3.29. The van der Waals surface area contributed by atoms with Crippen molar-refractivity contribution in [1.29, 1.82) is 0 Å². The number of carbonyl (C=O) groups excluding carboxylic acids is 1. The maximum absolute atomic E-state index is 13.6. The first-order chi connectivity index (χ1) is 12.2. The molecule has 0 spiro atoms. The lowest BCUT2D eigenvalue weighted by molar-refractivity contribution is -0.116. The Morgan fingerprint density at radius 1 is 1.20 bits per heavy atom. The topological polar surface area (TPSA) is 60.5 Å². The van der Waals surface area contributed by atoms with Crippen molar-refractivity contribution in [1.82, 2.24) is 4.98 Å². The maximum atomic E-state index is 13.6. The molecule has 2 aromatic carbocycles. The molecule has 128 valence electrons. The Morgan fingerprint density at radius 3 is 2.76 bits per heavy atom. The van der Waals surface area contributed by atoms with Crippen LogP contribution in [0.25, 0.3) is 10.2 Å². The summed E-state index contributed by atoms with van der Waals surface area (Å²) >= 11 is 1.37. The molecule has 1 aliphatic rings. The van der Waals surface area contributed by atoms with Crippen LogP contribution in [0.1, 0.15) is 12.0 Å². The number of ether oxygens (including phenoxy) is 2. The molecule has 4 rings (SSSR count). The van der Waals surface area contributed by atoms with E-state index in [1.807, 2.05) is 12.1 Å². The van der Waals surface area contributed by atoms with Gasteiger partial charge >= 0.3 is 0 Å². The fourth-order valence-electron chi connectivity index (χ4n) is 2.65. The van der Waals surface area contributed by atoms with Crippen LogP contribution in [0, 0.1) is 5.82 Å². The number of hydrogen-bond acceptors (Lipinski definition) is 5. The van der Waals surface area contributed by atoms with E-state index in [2.05, 4.69) is 10.3 Å². The third-order valence-electron chi connectivity index (χ3n) is 3.88. The zero-order chi connectivity index (χ0) is 17.2. The summed E-state index contributed by atoms with van der Waals surface area (Å²) in [7, 11) is 0. The van der Waals surface area contributed by atoms with Gasteiger partial charge in [0.2, 0.25) is 5.91 Å². The van der Waals surface area contributed by atoms with Crippen LogP contribution in [0.15, 0.2) is 36.4 Å². The smallest absolute Gasteiger partial charge is 0.226 e. The monoisotopic (exact) mass is 358 g/mol. The van der Waals surface area contributed by atoms with Crippen molar-refractivity contribution in [2.24, 2.45) is 0 Å². The number of aryl methyl sites for hydroxylation is 1. The van der Waals surface area contributed by atoms with Gasteiger partial charge in [0.25, 0.3) is 0 Å². The van der Waals surface area contributed by atoms with Gasteiger partial charge in [0.05, 0.1) is 10.2 Å². The number of rotatable bonds is 4. The molecule has 0 fully saturated rings. The standard InChI is InChI=1S/C18H15FN2O3S/c19-12-4-2-1-3-11(12)5-6-17(22)21-18-20-13-9-14-15(10-16(13)25-18)24-8-7-23-14/h1-4,9-10H,5-8H2,(H,20,21,22). The van der Waals surface area contributed by atoms with Crippen LogP contribution < -0.4 is 14.8 Å². The largest absolute Gasteiger partial charge is 0.486 e. The van der Waals surface area contributed by atoms with E-state index in [4.69, 9.17) is 9.47 Å². The Bertz CT molecular complexity index is 898. The molecule has 1 N–H and O–H groups in total. The second-order valence-electron chi connectivity index (χ2n) is 5.62. The van der Waals surface area contributed by atoms with E-state index in [9.17, 15) is 9.18 Å². The number of amides is 1. The second-order valence-corrected chi connectivity index (χ2v) is 6.65. The van der Waals surface area contributed by atoms with Crippen molar-refractivity contribution < 1.29 is 18.7 Å². The molecule has 1 amide bonds. The Hall–Kier alpha value is -2.67. The van der Waals surface area contributed by atoms with Gasteiger partial charge in [-0.25, -0.2) is 9.37 Å². The highest BCUT2D eigenvalue weighted by Crippen LogP contribution is 2.37. The number of benzene rings is 2. The van der Waals surface area contributed by atoms with Crippen molar-refractivity contribution in [2.75, 3.05) is 18.5 Å². The summed E-state index contributed by atoms with van der Waals surface area (Å²) in [6, 6.07) is 10.2. The Balaban J connectivity index is 1.45. The van der Waals surface area contributed by atoms with Gasteiger partial charge in [-0.1, -0.05) is 29.5 Å². The number of anilines is 1. The minimum absolute atomic E-state index is 0.194. The Labute approximate surface area is 147 Å². The van der Waals surface area contributed by atoms with Crippen molar-refractivity contribution in [3.63, 3.8) is 0 Å². The van der Waals surface area contributed by atoms with Crippen molar-refractivity contribution in [3.8, 4) is 11.5 Å². The average molecular weight is 358 g/mol. The van der Waals surface area contributed by atoms with Crippen LogP contribution in [0.5, 0.6) is 11.5 Å². The SMILES string of the molecule is O=C(CCc1ccccc1F)Nc1nc2cc3c(cc2s1)OCCO3. The molecule has 3 aromatic rings. The van der Waals surface area contributed by atoms with Gasteiger partial charge in [0.15, 0.2) is 16.6 Å². The van der Waals surface area contributed by atoms with Crippen molar-refractivity contribution >= 4 is 32.6 Å². The molecule has 0 bridgehead atoms. The minimum Gasteiger partial charge on any atom is -0.486 e. The van der Waals surface area contributed by atoms with Crippen molar-refractivity contribution in [3.05, 3.63) is 47.8 Å². The highest BCUT2D eigenvalue weighted by molar-refractivity contribution is 7.22. The molecule has 1 aliphatic heterocycles. The zero-order valence-electron chi connectivity index (χ0n) is 13.3. The van der Waals surface area contributed by atoms with Gasteiger partial charge in [-0.3, -0.25) is 4.79 Å². The zero-order valence-corrected chi connectivity index (χ0v) is 14.1. The first-order valence-corrected chi connectivity index (χ1v) is 8.74. The molecule has 0 atom stereocenters. The van der Waals surface area contributed by atoms with Gasteiger partial charge in [0.1, 0.15) is 19.0 Å². The molecular weight excluding hydrogens is 343 g/mol. The molecule has 1 aromatic heterocycles. The van der Waals surface area contributed by atoms with Gasteiger partial charge in [-0.15, -0.1) is 0 Å². The number of thiazole rings is 1. The predicted octanol–water partition coefficient (Wildman–Crippen LogP) is 3.78. The predicted molar refractivity (Wildman–Crippen MR) is 94.0 cm³/mol. The number of nitrogens with zero attached hydrogens (tertiary/aromatic N) is 1. The van der Waals surface area contributed by atoms with Gasteiger partial charge in [-0.05, 0) is 18.1 Å². The molecule has 0 aliphatic carbocycles. The third-order valence-corrected chi connectivity index (χ3v) is 4.81. The van der Waals surface area contributed by atoms with Crippen LogP contribution >= 0.6 is 11.3 Å². The second kappa shape index (κ2) is 6.68. The molecule has 5 nitrogen and oxygen atoms in total. The number of nitrogens with one attached hydrogen (secondary N) is 1. The normalized spacial score (nSPS) is 13.0. The molecule has 0 radical (unpaired) electrons. The summed E-state index contributed by atoms with van der Waals surface area (Å²) < 4.78 is 25.6. The van der Waals surface area contributed by atoms with Crippen LogP contribution in [0.3, 0.4) is 0 Å². The fraction of sp³-hybridized carbons (Fsp3) is 0.222. The van der Waals surface area contributed by atoms with Crippen LogP contribution in [0.2, 0.25) is 0 Å². The van der Waals surface area contributed by atoms with Gasteiger partial charge < -0.3 is 14.8 Å². The van der Waals surface area contributed by atoms with E-state index in [0.717, 1.165) is 10.2 Å². The van der Waals surface area contributed by atoms with Crippen LogP contribution in [0.4, 0.5) is 9.52 Å². The van der Waals surface area contributed by atoms with E-state index < -0.39 is 0 Å². The summed E-state index contributed by atoms with van der Waals surface area (Å²) in [5.41, 5.74) is 1.28. The molecule has 2 heterocycles. The van der Waals surface area contributed by atoms with E-state index in [1.54, 1.807) is 18.2 Å². The molecule has 0 saturated carbocycles. The number of aromatic nitrogens is 1. The summed E-state index contributed by atoms with van der Waals surface area (Å²) in [4.78, 5) is 16.5. The average Bonchev–Trinajstić information content (AvgIpc) is 2.99. The molecule has 7 heteroatoms. The van der Waals surface area contributed by atoms with Crippen LogP contribution in [-0.4, -0.2) is 24.1 Å². The molecule has 0 saturated heterocycles. The first kappa shape index (κ1) is 15.8. The number of hydrogen-bond donors (Lipinski definition) is 1. The van der Waals surface area contributed by atoms with E-state index in [1.165, 1.54) is 17.4 Å². The maximum Gasteiger partial charge on any atom is 0.226 e. The highest BCUT2D eigenvalue weighted by atomic mass is 32.1. The van der Waals surface area contributed by atoms with E-state index >= 15 is 0 Å². The molecule has 25 heavy (non-hydrogen) atoms. The first-order valence-electron chi connectivity index (χ1n) is 7.92. The third kappa shape index (κ3) is 3.41.